The molecule has 2 aliphatic heterocycles. The molecule has 2 aromatic carbocycles. The van der Waals surface area contributed by atoms with Crippen molar-refractivity contribution < 1.29 is 23.8 Å². The van der Waals surface area contributed by atoms with Crippen LogP contribution >= 0.6 is 0 Å². The van der Waals surface area contributed by atoms with E-state index in [2.05, 4.69) is 20.3 Å². The second-order valence-electron chi connectivity index (χ2n) is 9.79. The van der Waals surface area contributed by atoms with E-state index in [4.69, 9.17) is 19.9 Å². The van der Waals surface area contributed by atoms with Gasteiger partial charge < -0.3 is 30.2 Å². The Hall–Kier alpha value is -4.90. The lowest BCUT2D eigenvalue weighted by Gasteiger charge is -2.29. The summed E-state index contributed by atoms with van der Waals surface area (Å²) in [6.45, 7) is 2.68. The lowest BCUT2D eigenvalue weighted by molar-refractivity contribution is 0.0992. The number of pyridine rings is 1. The van der Waals surface area contributed by atoms with Gasteiger partial charge >= 0.3 is 0 Å². The van der Waals surface area contributed by atoms with Crippen molar-refractivity contribution in [3.05, 3.63) is 77.1 Å². The number of primary amides is 1. The molecular formula is C29H26N6O5. The third kappa shape index (κ3) is 4.11. The van der Waals surface area contributed by atoms with E-state index < -0.39 is 5.91 Å². The molecule has 1 saturated heterocycles. The highest BCUT2D eigenvalue weighted by atomic mass is 16.7. The van der Waals surface area contributed by atoms with Crippen LogP contribution in [0.3, 0.4) is 0 Å². The number of carbonyl (C=O) groups excluding carboxylic acids is 2. The standard InChI is InChI=1S/C29H26N6O5/c30-27(36)25-20-7-4-17-3-5-18(32-29(37)21-2-1-9-31-28(21)34-10-12-38-13-11-34)14-22(17)26(20)35(33-25)19-6-8-23-24(15-19)40-16-39-23/h1-3,5-6,8-9,14-15H,4,7,10-13,16H2,(H2,30,36)(H,32,37). The normalized spacial score (nSPS) is 15.3. The number of aromatic nitrogens is 3. The van der Waals surface area contributed by atoms with E-state index in [0.717, 1.165) is 22.4 Å². The molecule has 202 valence electrons. The Labute approximate surface area is 229 Å². The number of nitrogens with one attached hydrogen (secondary N) is 1. The number of ether oxygens (including phenoxy) is 3. The molecule has 1 fully saturated rings. The van der Waals surface area contributed by atoms with E-state index in [1.54, 1.807) is 23.0 Å². The molecule has 2 amide bonds. The van der Waals surface area contributed by atoms with Crippen LogP contribution in [0.25, 0.3) is 16.9 Å². The number of anilines is 2. The van der Waals surface area contributed by atoms with Crippen molar-refractivity contribution >= 4 is 23.3 Å². The number of hydrogen-bond acceptors (Lipinski definition) is 8. The van der Waals surface area contributed by atoms with E-state index >= 15 is 0 Å². The van der Waals surface area contributed by atoms with E-state index in [9.17, 15) is 9.59 Å². The minimum Gasteiger partial charge on any atom is -0.454 e. The minimum atomic E-state index is -0.587. The van der Waals surface area contributed by atoms with Crippen LogP contribution in [0.15, 0.2) is 54.7 Å². The summed E-state index contributed by atoms with van der Waals surface area (Å²) in [4.78, 5) is 32.4. The molecule has 3 aliphatic rings. The van der Waals surface area contributed by atoms with Crippen molar-refractivity contribution in [2.24, 2.45) is 5.73 Å². The fraction of sp³-hybridized carbons (Fsp3) is 0.241. The first-order valence-corrected chi connectivity index (χ1v) is 13.1. The molecule has 0 atom stereocenters. The summed E-state index contributed by atoms with van der Waals surface area (Å²) in [5.41, 5.74) is 11.3. The average Bonchev–Trinajstić information content (AvgIpc) is 3.62. The number of amides is 2. The molecule has 0 bridgehead atoms. The number of nitrogens with zero attached hydrogens (tertiary/aromatic N) is 4. The molecule has 4 aromatic rings. The van der Waals surface area contributed by atoms with Crippen LogP contribution in [0.2, 0.25) is 0 Å². The number of carbonyl (C=O) groups is 2. The summed E-state index contributed by atoms with van der Waals surface area (Å²) in [7, 11) is 0. The van der Waals surface area contributed by atoms with Gasteiger partial charge in [0.1, 0.15) is 5.82 Å². The lowest BCUT2D eigenvalue weighted by atomic mass is 9.88. The maximum atomic E-state index is 13.5. The van der Waals surface area contributed by atoms with Gasteiger partial charge in [0.15, 0.2) is 17.2 Å². The molecule has 2 aromatic heterocycles. The number of fused-ring (bicyclic) bond motifs is 4. The molecule has 11 heteroatoms. The lowest BCUT2D eigenvalue weighted by Crippen LogP contribution is -2.38. The van der Waals surface area contributed by atoms with Gasteiger partial charge in [-0.3, -0.25) is 9.59 Å². The van der Waals surface area contributed by atoms with E-state index in [1.807, 2.05) is 36.4 Å². The largest absolute Gasteiger partial charge is 0.454 e. The highest BCUT2D eigenvalue weighted by molar-refractivity contribution is 6.08. The second-order valence-corrected chi connectivity index (χ2v) is 9.79. The summed E-state index contributed by atoms with van der Waals surface area (Å²) < 4.78 is 18.2. The summed E-state index contributed by atoms with van der Waals surface area (Å²) in [6, 6.07) is 14.9. The van der Waals surface area contributed by atoms with Crippen LogP contribution in [-0.2, 0) is 17.6 Å². The van der Waals surface area contributed by atoms with Gasteiger partial charge in [0, 0.05) is 42.2 Å². The summed E-state index contributed by atoms with van der Waals surface area (Å²) in [5.74, 6) is 1.04. The SMILES string of the molecule is NC(=O)c1nn(-c2ccc3c(c2)OCO3)c2c1CCc1ccc(NC(=O)c3cccnc3N3CCOCC3)cc1-2. The summed E-state index contributed by atoms with van der Waals surface area (Å²) in [5, 5.41) is 7.67. The van der Waals surface area contributed by atoms with Crippen LogP contribution in [0, 0.1) is 0 Å². The van der Waals surface area contributed by atoms with Crippen LogP contribution in [0.1, 0.15) is 32.0 Å². The van der Waals surface area contributed by atoms with E-state index in [1.165, 1.54) is 0 Å². The Morgan fingerprint density at radius 2 is 1.82 bits per heavy atom. The molecular weight excluding hydrogens is 512 g/mol. The molecule has 4 heterocycles. The molecule has 7 rings (SSSR count). The van der Waals surface area contributed by atoms with Crippen LogP contribution in [0.5, 0.6) is 11.5 Å². The highest BCUT2D eigenvalue weighted by Crippen LogP contribution is 2.40. The third-order valence-electron chi connectivity index (χ3n) is 7.43. The predicted molar refractivity (Wildman–Crippen MR) is 146 cm³/mol. The average molecular weight is 539 g/mol. The number of aryl methyl sites for hydroxylation is 1. The molecule has 40 heavy (non-hydrogen) atoms. The molecule has 3 N–H and O–H groups in total. The van der Waals surface area contributed by atoms with Gasteiger partial charge in [-0.25, -0.2) is 9.67 Å². The molecule has 11 nitrogen and oxygen atoms in total. The zero-order valence-electron chi connectivity index (χ0n) is 21.6. The van der Waals surface area contributed by atoms with Crippen molar-refractivity contribution in [2.75, 3.05) is 43.3 Å². The monoisotopic (exact) mass is 538 g/mol. The number of nitrogens with two attached hydrogens (primary N) is 1. The molecule has 1 aliphatic carbocycles. The maximum absolute atomic E-state index is 13.5. The van der Waals surface area contributed by atoms with Crippen molar-refractivity contribution in [1.29, 1.82) is 0 Å². The zero-order chi connectivity index (χ0) is 27.2. The fourth-order valence-corrected chi connectivity index (χ4v) is 5.52. The first-order valence-electron chi connectivity index (χ1n) is 13.1. The van der Waals surface area contributed by atoms with Gasteiger partial charge in [-0.2, -0.15) is 5.10 Å². The molecule has 0 unspecified atom stereocenters. The predicted octanol–water partition coefficient (Wildman–Crippen LogP) is 2.95. The minimum absolute atomic E-state index is 0.151. The second kappa shape index (κ2) is 9.69. The summed E-state index contributed by atoms with van der Waals surface area (Å²) in [6.07, 6.45) is 3.03. The third-order valence-corrected chi connectivity index (χ3v) is 7.43. The van der Waals surface area contributed by atoms with Gasteiger partial charge in [-0.1, -0.05) is 6.07 Å². The Bertz CT molecular complexity index is 1660. The highest BCUT2D eigenvalue weighted by Gasteiger charge is 2.29. The maximum Gasteiger partial charge on any atom is 0.269 e. The van der Waals surface area contributed by atoms with Gasteiger partial charge in [-0.05, 0) is 54.8 Å². The van der Waals surface area contributed by atoms with Crippen LogP contribution in [0.4, 0.5) is 11.5 Å². The number of rotatable bonds is 5. The van der Waals surface area contributed by atoms with Crippen LogP contribution in [-0.4, -0.2) is 59.7 Å². The van der Waals surface area contributed by atoms with Crippen molar-refractivity contribution in [1.82, 2.24) is 14.8 Å². The van der Waals surface area contributed by atoms with Crippen molar-refractivity contribution in [3.8, 4) is 28.4 Å². The molecule has 0 spiro atoms. The van der Waals surface area contributed by atoms with Gasteiger partial charge in [0.25, 0.3) is 11.8 Å². The van der Waals surface area contributed by atoms with Crippen molar-refractivity contribution in [2.45, 2.75) is 12.8 Å². The Balaban J connectivity index is 1.27. The topological polar surface area (TPSA) is 134 Å². The number of benzene rings is 2. The molecule has 0 saturated carbocycles. The molecule has 0 radical (unpaired) electrons. The first-order chi connectivity index (χ1) is 19.6. The first kappa shape index (κ1) is 24.2. The fourth-order valence-electron chi connectivity index (χ4n) is 5.52. The quantitative estimate of drug-likeness (QED) is 0.396. The van der Waals surface area contributed by atoms with Gasteiger partial charge in [0.05, 0.1) is 30.2 Å². The van der Waals surface area contributed by atoms with Gasteiger partial charge in [-0.15, -0.1) is 0 Å². The summed E-state index contributed by atoms with van der Waals surface area (Å²) >= 11 is 0. The number of morpholine rings is 1. The smallest absolute Gasteiger partial charge is 0.269 e. The zero-order valence-corrected chi connectivity index (χ0v) is 21.6. The Kier molecular flexibility index (Phi) is 5.85. The van der Waals surface area contributed by atoms with Crippen molar-refractivity contribution in [3.63, 3.8) is 0 Å². The van der Waals surface area contributed by atoms with Gasteiger partial charge in [0.2, 0.25) is 6.79 Å². The van der Waals surface area contributed by atoms with Crippen LogP contribution < -0.4 is 25.4 Å². The van der Waals surface area contributed by atoms with E-state index in [-0.39, 0.29) is 18.4 Å². The Morgan fingerprint density at radius 1 is 0.975 bits per heavy atom. The Morgan fingerprint density at radius 3 is 2.67 bits per heavy atom. The van der Waals surface area contributed by atoms with E-state index in [0.29, 0.717) is 73.4 Å². The number of hydrogen-bond donors (Lipinski definition) is 2.